The van der Waals surface area contributed by atoms with Crippen LogP contribution in [0.15, 0.2) is 61.1 Å². The second-order valence-electron chi connectivity index (χ2n) is 6.76. The maximum absolute atomic E-state index is 4.46. The van der Waals surface area contributed by atoms with E-state index in [0.29, 0.717) is 6.04 Å². The van der Waals surface area contributed by atoms with E-state index >= 15 is 0 Å². The summed E-state index contributed by atoms with van der Waals surface area (Å²) in [6, 6.07) is 15.6. The number of benzene rings is 2. The van der Waals surface area contributed by atoms with Gasteiger partial charge in [0.05, 0.1) is 11.7 Å². The fraction of sp³-hybridized carbons (Fsp3) is 0.333. The molecule has 0 N–H and O–H groups in total. The number of fused-ring (bicyclic) bond motifs is 1. The molecular weight excluding hydrogens is 308 g/mol. The monoisotopic (exact) mass is 332 g/mol. The average molecular weight is 332 g/mol. The maximum atomic E-state index is 4.46. The van der Waals surface area contributed by atoms with Crippen LogP contribution in [0.25, 0.3) is 10.8 Å². The fourth-order valence-electron chi connectivity index (χ4n) is 3.69. The normalized spacial score (nSPS) is 17.6. The zero-order chi connectivity index (χ0) is 17.1. The molecule has 0 bridgehead atoms. The third-order valence-corrected chi connectivity index (χ3v) is 5.24. The summed E-state index contributed by atoms with van der Waals surface area (Å²) < 4.78 is 0. The Morgan fingerprint density at radius 1 is 0.960 bits per heavy atom. The van der Waals surface area contributed by atoms with E-state index < -0.39 is 0 Å². The highest BCUT2D eigenvalue weighted by atomic mass is 15.3. The van der Waals surface area contributed by atoms with Gasteiger partial charge in [-0.05, 0) is 23.3 Å². The van der Waals surface area contributed by atoms with Crippen molar-refractivity contribution < 1.29 is 0 Å². The van der Waals surface area contributed by atoms with E-state index in [1.165, 1.54) is 16.3 Å². The van der Waals surface area contributed by atoms with Crippen LogP contribution < -0.4 is 0 Å². The maximum Gasteiger partial charge on any atom is 0.0755 e. The van der Waals surface area contributed by atoms with Crippen molar-refractivity contribution in [1.29, 1.82) is 0 Å². The molecule has 0 aliphatic carbocycles. The van der Waals surface area contributed by atoms with Gasteiger partial charge in [0.25, 0.3) is 0 Å². The summed E-state index contributed by atoms with van der Waals surface area (Å²) in [5, 5.41) is 2.70. The minimum absolute atomic E-state index is 0.327. The number of rotatable bonds is 4. The number of hydrogen-bond donors (Lipinski definition) is 0. The molecule has 3 aromatic rings. The zero-order valence-electron chi connectivity index (χ0n) is 14.7. The first-order valence-electron chi connectivity index (χ1n) is 9.00. The van der Waals surface area contributed by atoms with E-state index in [4.69, 9.17) is 0 Å². The first-order chi connectivity index (χ1) is 12.3. The van der Waals surface area contributed by atoms with E-state index in [-0.39, 0.29) is 0 Å². The second kappa shape index (κ2) is 7.30. The molecule has 128 valence electrons. The highest BCUT2D eigenvalue weighted by molar-refractivity contribution is 5.85. The predicted molar refractivity (Wildman–Crippen MR) is 101 cm³/mol. The van der Waals surface area contributed by atoms with Crippen molar-refractivity contribution in [2.75, 3.05) is 26.2 Å². The van der Waals surface area contributed by atoms with Crippen LogP contribution in [0.4, 0.5) is 0 Å². The Balaban J connectivity index is 1.40. The summed E-state index contributed by atoms with van der Waals surface area (Å²) in [4.78, 5) is 13.7. The number of aromatic nitrogens is 2. The van der Waals surface area contributed by atoms with Crippen LogP contribution in [0, 0.1) is 0 Å². The zero-order valence-corrected chi connectivity index (χ0v) is 14.7. The Morgan fingerprint density at radius 3 is 2.56 bits per heavy atom. The first kappa shape index (κ1) is 16.2. The molecule has 1 aromatic heterocycles. The van der Waals surface area contributed by atoms with E-state index in [1.807, 2.05) is 6.20 Å². The Hall–Kier alpha value is -2.30. The smallest absolute Gasteiger partial charge is 0.0755 e. The van der Waals surface area contributed by atoms with Crippen molar-refractivity contribution in [3.63, 3.8) is 0 Å². The predicted octanol–water partition coefficient (Wildman–Crippen LogP) is 3.51. The topological polar surface area (TPSA) is 32.3 Å². The largest absolute Gasteiger partial charge is 0.297 e. The molecule has 2 aromatic carbocycles. The first-order valence-corrected chi connectivity index (χ1v) is 9.00. The summed E-state index contributed by atoms with van der Waals surface area (Å²) >= 11 is 0. The lowest BCUT2D eigenvalue weighted by atomic mass is 10.0. The highest BCUT2D eigenvalue weighted by Gasteiger charge is 2.23. The molecule has 1 fully saturated rings. The Kier molecular flexibility index (Phi) is 4.72. The summed E-state index contributed by atoms with van der Waals surface area (Å²) in [5.41, 5.74) is 2.48. The van der Waals surface area contributed by atoms with Crippen molar-refractivity contribution >= 4 is 10.8 Å². The number of nitrogens with zero attached hydrogens (tertiary/aromatic N) is 4. The average Bonchev–Trinajstić information content (AvgIpc) is 2.69. The SMILES string of the molecule is C[C@H](c1cnccn1)N1CCN(Cc2cccc3ccccc23)CC1. The van der Waals surface area contributed by atoms with Crippen LogP contribution in [-0.4, -0.2) is 45.9 Å². The lowest BCUT2D eigenvalue weighted by molar-refractivity contribution is 0.0965. The molecule has 25 heavy (non-hydrogen) atoms. The molecule has 4 heteroatoms. The third-order valence-electron chi connectivity index (χ3n) is 5.24. The Bertz CT molecular complexity index is 820. The molecule has 0 spiro atoms. The van der Waals surface area contributed by atoms with Crippen LogP contribution in [0.1, 0.15) is 24.2 Å². The summed E-state index contributed by atoms with van der Waals surface area (Å²) in [6.07, 6.45) is 5.40. The molecule has 0 saturated carbocycles. The molecule has 0 amide bonds. The van der Waals surface area contributed by atoms with Gasteiger partial charge in [0.2, 0.25) is 0 Å². The van der Waals surface area contributed by atoms with Crippen molar-refractivity contribution in [2.45, 2.75) is 19.5 Å². The quantitative estimate of drug-likeness (QED) is 0.732. The van der Waals surface area contributed by atoms with Gasteiger partial charge in [-0.15, -0.1) is 0 Å². The van der Waals surface area contributed by atoms with Gasteiger partial charge in [-0.1, -0.05) is 42.5 Å². The van der Waals surface area contributed by atoms with Crippen molar-refractivity contribution in [3.05, 3.63) is 72.3 Å². The summed E-state index contributed by atoms with van der Waals surface area (Å²) in [6.45, 7) is 7.58. The van der Waals surface area contributed by atoms with Crippen molar-refractivity contribution in [3.8, 4) is 0 Å². The molecule has 1 aliphatic rings. The second-order valence-corrected chi connectivity index (χ2v) is 6.76. The Morgan fingerprint density at radius 2 is 1.76 bits per heavy atom. The molecule has 0 radical (unpaired) electrons. The third kappa shape index (κ3) is 3.55. The van der Waals surface area contributed by atoms with Crippen molar-refractivity contribution in [2.24, 2.45) is 0 Å². The van der Waals surface area contributed by atoms with Gasteiger partial charge in [0.15, 0.2) is 0 Å². The molecular formula is C21H24N4. The molecule has 2 heterocycles. The van der Waals surface area contributed by atoms with E-state index in [1.54, 1.807) is 12.4 Å². The van der Waals surface area contributed by atoms with E-state index in [0.717, 1.165) is 38.4 Å². The van der Waals surface area contributed by atoms with Crippen LogP contribution in [0.2, 0.25) is 0 Å². The Labute approximate surface area is 149 Å². The highest BCUT2D eigenvalue weighted by Crippen LogP contribution is 2.22. The molecule has 0 unspecified atom stereocenters. The molecule has 1 saturated heterocycles. The number of piperazine rings is 1. The van der Waals surface area contributed by atoms with Gasteiger partial charge in [-0.3, -0.25) is 19.8 Å². The summed E-state index contributed by atoms with van der Waals surface area (Å²) in [5.74, 6) is 0. The van der Waals surface area contributed by atoms with Crippen LogP contribution in [0.5, 0.6) is 0 Å². The van der Waals surface area contributed by atoms with Gasteiger partial charge in [0, 0.05) is 51.3 Å². The van der Waals surface area contributed by atoms with Crippen LogP contribution in [0.3, 0.4) is 0 Å². The molecule has 4 nitrogen and oxygen atoms in total. The molecule has 1 aliphatic heterocycles. The number of hydrogen-bond acceptors (Lipinski definition) is 4. The minimum Gasteiger partial charge on any atom is -0.297 e. The fourth-order valence-corrected chi connectivity index (χ4v) is 3.69. The standard InChI is InChI=1S/C21H24N4/c1-17(21-15-22-9-10-23-21)25-13-11-24(12-14-25)16-19-7-4-6-18-5-2-3-8-20(18)19/h2-10,15,17H,11-14,16H2,1H3/t17-/m1/s1. The van der Waals surface area contributed by atoms with Gasteiger partial charge in [0.1, 0.15) is 0 Å². The lowest BCUT2D eigenvalue weighted by Crippen LogP contribution is -2.46. The summed E-state index contributed by atoms with van der Waals surface area (Å²) in [7, 11) is 0. The van der Waals surface area contributed by atoms with E-state index in [2.05, 4.69) is 69.2 Å². The van der Waals surface area contributed by atoms with Crippen LogP contribution in [-0.2, 0) is 6.54 Å². The van der Waals surface area contributed by atoms with Gasteiger partial charge in [-0.25, -0.2) is 0 Å². The van der Waals surface area contributed by atoms with Crippen LogP contribution >= 0.6 is 0 Å². The van der Waals surface area contributed by atoms with Crippen molar-refractivity contribution in [1.82, 2.24) is 19.8 Å². The van der Waals surface area contributed by atoms with Gasteiger partial charge >= 0.3 is 0 Å². The molecule has 1 atom stereocenters. The van der Waals surface area contributed by atoms with E-state index in [9.17, 15) is 0 Å². The molecule has 4 rings (SSSR count). The van der Waals surface area contributed by atoms with Gasteiger partial charge in [-0.2, -0.15) is 0 Å². The minimum atomic E-state index is 0.327. The van der Waals surface area contributed by atoms with Gasteiger partial charge < -0.3 is 0 Å². The lowest BCUT2D eigenvalue weighted by Gasteiger charge is -2.37.